The molecule has 0 bridgehead atoms. The summed E-state index contributed by atoms with van der Waals surface area (Å²) in [6.07, 6.45) is 7.29. The predicted molar refractivity (Wildman–Crippen MR) is 111 cm³/mol. The van der Waals surface area contributed by atoms with E-state index in [0.29, 0.717) is 36.7 Å². The molecule has 1 N–H and O–H groups in total. The molecule has 2 fully saturated rings. The highest BCUT2D eigenvalue weighted by atomic mass is 35.5. The second kappa shape index (κ2) is 10.2. The van der Waals surface area contributed by atoms with Crippen LogP contribution in [0.4, 0.5) is 4.79 Å². The molecule has 7 nitrogen and oxygen atoms in total. The standard InChI is InChI=1S/C18H28ClN3O4S2/c19-16-7-8-17(27-16)28(24,25)22-12-10-21(11-13-22)18(23)20-9-4-14-26-15-5-2-1-3-6-15/h7-8,15H,1-6,9-14H2,(H,20,23). The number of nitrogens with one attached hydrogen (secondary N) is 1. The summed E-state index contributed by atoms with van der Waals surface area (Å²) in [6, 6.07) is 2.96. The topological polar surface area (TPSA) is 79.0 Å². The molecule has 1 saturated carbocycles. The lowest BCUT2D eigenvalue weighted by Crippen LogP contribution is -2.53. The molecule has 1 aromatic rings. The Kier molecular flexibility index (Phi) is 7.99. The van der Waals surface area contributed by atoms with E-state index in [1.165, 1.54) is 29.6 Å². The van der Waals surface area contributed by atoms with E-state index in [9.17, 15) is 13.2 Å². The Balaban J connectivity index is 1.34. The van der Waals surface area contributed by atoms with Crippen LogP contribution in [-0.2, 0) is 14.8 Å². The van der Waals surface area contributed by atoms with E-state index < -0.39 is 10.0 Å². The van der Waals surface area contributed by atoms with Gasteiger partial charge in [0.15, 0.2) is 0 Å². The van der Waals surface area contributed by atoms with E-state index in [0.717, 1.165) is 30.6 Å². The van der Waals surface area contributed by atoms with Gasteiger partial charge in [-0.1, -0.05) is 30.9 Å². The number of thiophene rings is 1. The summed E-state index contributed by atoms with van der Waals surface area (Å²) in [4.78, 5) is 13.9. The molecule has 0 aromatic carbocycles. The number of hydrogen-bond acceptors (Lipinski definition) is 5. The molecule has 28 heavy (non-hydrogen) atoms. The Morgan fingerprint density at radius 3 is 2.54 bits per heavy atom. The SMILES string of the molecule is O=C(NCCCOC1CCCCC1)N1CCN(S(=O)(=O)c2ccc(Cl)s2)CC1. The van der Waals surface area contributed by atoms with Crippen molar-refractivity contribution in [3.8, 4) is 0 Å². The number of halogens is 1. The average molecular weight is 450 g/mol. The van der Waals surface area contributed by atoms with Crippen LogP contribution in [0.15, 0.2) is 16.3 Å². The van der Waals surface area contributed by atoms with Gasteiger partial charge in [-0.2, -0.15) is 4.31 Å². The van der Waals surface area contributed by atoms with Crippen LogP contribution in [-0.4, -0.2) is 69.1 Å². The minimum absolute atomic E-state index is 0.145. The number of amides is 2. The van der Waals surface area contributed by atoms with Crippen LogP contribution in [0.5, 0.6) is 0 Å². The minimum Gasteiger partial charge on any atom is -0.378 e. The first-order valence-electron chi connectivity index (χ1n) is 9.87. The Labute approximate surface area is 176 Å². The third-order valence-electron chi connectivity index (χ3n) is 5.17. The van der Waals surface area contributed by atoms with Gasteiger partial charge in [-0.05, 0) is 31.4 Å². The highest BCUT2D eigenvalue weighted by Gasteiger charge is 2.31. The molecule has 158 valence electrons. The van der Waals surface area contributed by atoms with Crippen LogP contribution in [0.2, 0.25) is 4.34 Å². The second-order valence-electron chi connectivity index (χ2n) is 7.17. The van der Waals surface area contributed by atoms with Crippen molar-refractivity contribution in [2.75, 3.05) is 39.3 Å². The fourth-order valence-electron chi connectivity index (χ4n) is 3.56. The lowest BCUT2D eigenvalue weighted by Gasteiger charge is -2.33. The molecule has 2 aliphatic rings. The molecule has 0 atom stereocenters. The highest BCUT2D eigenvalue weighted by Crippen LogP contribution is 2.28. The van der Waals surface area contributed by atoms with Gasteiger partial charge < -0.3 is 15.0 Å². The highest BCUT2D eigenvalue weighted by molar-refractivity contribution is 7.91. The zero-order valence-electron chi connectivity index (χ0n) is 15.9. The van der Waals surface area contributed by atoms with Gasteiger partial charge in [0, 0.05) is 39.3 Å². The summed E-state index contributed by atoms with van der Waals surface area (Å²) < 4.78 is 33.2. The third-order valence-corrected chi connectivity index (χ3v) is 8.77. The molecule has 0 spiro atoms. The predicted octanol–water partition coefficient (Wildman–Crippen LogP) is 3.16. The van der Waals surface area contributed by atoms with Crippen molar-refractivity contribution in [1.29, 1.82) is 0 Å². The molecular formula is C18H28ClN3O4S2. The molecule has 1 saturated heterocycles. The molecule has 1 aliphatic heterocycles. The van der Waals surface area contributed by atoms with Gasteiger partial charge in [0.1, 0.15) is 4.21 Å². The van der Waals surface area contributed by atoms with Crippen molar-refractivity contribution in [2.24, 2.45) is 0 Å². The zero-order valence-corrected chi connectivity index (χ0v) is 18.3. The number of urea groups is 1. The third kappa shape index (κ3) is 5.82. The quantitative estimate of drug-likeness (QED) is 0.648. The molecule has 3 rings (SSSR count). The number of carbonyl (C=O) groups is 1. The monoisotopic (exact) mass is 449 g/mol. The molecule has 1 aliphatic carbocycles. The maximum absolute atomic E-state index is 12.6. The maximum atomic E-state index is 12.6. The van der Waals surface area contributed by atoms with Crippen LogP contribution in [0.25, 0.3) is 0 Å². The normalized spacial score (nSPS) is 19.7. The molecular weight excluding hydrogens is 422 g/mol. The largest absolute Gasteiger partial charge is 0.378 e. The Hall–Kier alpha value is -0.870. The van der Waals surface area contributed by atoms with Crippen LogP contribution < -0.4 is 5.32 Å². The van der Waals surface area contributed by atoms with Gasteiger partial charge in [-0.15, -0.1) is 11.3 Å². The summed E-state index contributed by atoms with van der Waals surface area (Å²) in [5.74, 6) is 0. The van der Waals surface area contributed by atoms with Crippen molar-refractivity contribution < 1.29 is 17.9 Å². The van der Waals surface area contributed by atoms with E-state index in [-0.39, 0.29) is 23.3 Å². The summed E-state index contributed by atoms with van der Waals surface area (Å²) in [6.45, 7) is 2.57. The van der Waals surface area contributed by atoms with E-state index in [1.807, 2.05) is 0 Å². The number of carbonyl (C=O) groups excluding carboxylic acids is 1. The Bertz CT molecular complexity index is 742. The number of hydrogen-bond donors (Lipinski definition) is 1. The summed E-state index contributed by atoms with van der Waals surface area (Å²) in [7, 11) is -3.53. The number of rotatable bonds is 7. The Morgan fingerprint density at radius 1 is 1.18 bits per heavy atom. The van der Waals surface area contributed by atoms with Crippen LogP contribution in [0, 0.1) is 0 Å². The lowest BCUT2D eigenvalue weighted by molar-refractivity contribution is 0.0274. The van der Waals surface area contributed by atoms with Crippen LogP contribution in [0.3, 0.4) is 0 Å². The van der Waals surface area contributed by atoms with Crippen molar-refractivity contribution in [3.63, 3.8) is 0 Å². The fourth-order valence-corrected chi connectivity index (χ4v) is 6.62. The fraction of sp³-hybridized carbons (Fsp3) is 0.722. The van der Waals surface area contributed by atoms with E-state index >= 15 is 0 Å². The number of piperazine rings is 1. The van der Waals surface area contributed by atoms with Gasteiger partial charge in [-0.25, -0.2) is 13.2 Å². The molecule has 0 radical (unpaired) electrons. The Morgan fingerprint density at radius 2 is 1.89 bits per heavy atom. The van der Waals surface area contributed by atoms with Crippen molar-refractivity contribution in [2.45, 2.75) is 48.8 Å². The zero-order chi connectivity index (χ0) is 20.0. The van der Waals surface area contributed by atoms with Gasteiger partial charge in [0.25, 0.3) is 10.0 Å². The van der Waals surface area contributed by atoms with Crippen LogP contribution >= 0.6 is 22.9 Å². The minimum atomic E-state index is -3.53. The van der Waals surface area contributed by atoms with Gasteiger partial charge in [-0.3, -0.25) is 0 Å². The van der Waals surface area contributed by atoms with Crippen LogP contribution in [0.1, 0.15) is 38.5 Å². The second-order valence-corrected chi connectivity index (χ2v) is 11.0. The first kappa shape index (κ1) is 21.8. The molecule has 10 heteroatoms. The van der Waals surface area contributed by atoms with Crippen molar-refractivity contribution in [1.82, 2.24) is 14.5 Å². The van der Waals surface area contributed by atoms with Crippen molar-refractivity contribution in [3.05, 3.63) is 16.5 Å². The van der Waals surface area contributed by atoms with E-state index in [2.05, 4.69) is 5.32 Å². The number of sulfonamides is 1. The van der Waals surface area contributed by atoms with Gasteiger partial charge >= 0.3 is 6.03 Å². The maximum Gasteiger partial charge on any atom is 0.317 e. The smallest absolute Gasteiger partial charge is 0.317 e. The number of ether oxygens (including phenoxy) is 1. The number of nitrogens with zero attached hydrogens (tertiary/aromatic N) is 2. The first-order chi connectivity index (χ1) is 13.5. The van der Waals surface area contributed by atoms with Crippen molar-refractivity contribution >= 4 is 39.0 Å². The summed E-state index contributed by atoms with van der Waals surface area (Å²) >= 11 is 6.90. The van der Waals surface area contributed by atoms with E-state index in [1.54, 1.807) is 11.0 Å². The lowest BCUT2D eigenvalue weighted by atomic mass is 9.98. The average Bonchev–Trinajstić information content (AvgIpc) is 3.16. The first-order valence-corrected chi connectivity index (χ1v) is 12.5. The van der Waals surface area contributed by atoms with Gasteiger partial charge in [0.2, 0.25) is 0 Å². The summed E-state index contributed by atoms with van der Waals surface area (Å²) in [5, 5.41) is 2.90. The molecule has 0 unspecified atom stereocenters. The van der Waals surface area contributed by atoms with E-state index in [4.69, 9.17) is 16.3 Å². The molecule has 1 aromatic heterocycles. The van der Waals surface area contributed by atoms with Gasteiger partial charge in [0.05, 0.1) is 10.4 Å². The molecule has 2 heterocycles. The molecule has 2 amide bonds. The summed E-state index contributed by atoms with van der Waals surface area (Å²) in [5.41, 5.74) is 0.